The Balaban J connectivity index is 1.93. The summed E-state index contributed by atoms with van der Waals surface area (Å²) < 4.78 is 46.6. The molecule has 0 radical (unpaired) electrons. The van der Waals surface area contributed by atoms with Crippen LogP contribution in [-0.2, 0) is 4.79 Å². The van der Waals surface area contributed by atoms with Gasteiger partial charge in [-0.3, -0.25) is 4.79 Å². The van der Waals surface area contributed by atoms with Gasteiger partial charge >= 0.3 is 6.36 Å². The monoisotopic (exact) mass is 353 g/mol. The molecule has 0 aromatic heterocycles. The number of benzene rings is 2. The number of carbonyl (C=O) groups excluding carboxylic acids is 1. The van der Waals surface area contributed by atoms with E-state index in [2.05, 4.69) is 10.1 Å². The SMILES string of the molecule is Cc1cccc(C)c1OCCC(=O)Nc1ccccc1OC(F)(F)F. The fourth-order valence-corrected chi connectivity index (χ4v) is 2.27. The number of alkyl halides is 3. The molecule has 7 heteroatoms. The highest BCUT2D eigenvalue weighted by atomic mass is 19.4. The first kappa shape index (κ1) is 18.6. The second kappa shape index (κ2) is 7.92. The Labute approximate surface area is 143 Å². The average molecular weight is 353 g/mol. The Hall–Kier alpha value is -2.70. The highest BCUT2D eigenvalue weighted by molar-refractivity contribution is 5.92. The molecule has 0 saturated carbocycles. The zero-order valence-corrected chi connectivity index (χ0v) is 13.8. The highest BCUT2D eigenvalue weighted by Gasteiger charge is 2.32. The van der Waals surface area contributed by atoms with E-state index in [1.165, 1.54) is 18.2 Å². The lowest BCUT2D eigenvalue weighted by Gasteiger charge is -2.14. The Morgan fingerprint density at radius 2 is 1.68 bits per heavy atom. The van der Waals surface area contributed by atoms with Crippen LogP contribution in [0.2, 0.25) is 0 Å². The molecule has 0 aliphatic carbocycles. The van der Waals surface area contributed by atoms with Crippen molar-refractivity contribution in [3.63, 3.8) is 0 Å². The van der Waals surface area contributed by atoms with Crippen LogP contribution < -0.4 is 14.8 Å². The van der Waals surface area contributed by atoms with Gasteiger partial charge in [-0.1, -0.05) is 30.3 Å². The first-order valence-corrected chi connectivity index (χ1v) is 7.60. The molecule has 134 valence electrons. The molecule has 0 spiro atoms. The summed E-state index contributed by atoms with van der Waals surface area (Å²) >= 11 is 0. The van der Waals surface area contributed by atoms with Crippen LogP contribution in [0.25, 0.3) is 0 Å². The Bertz CT molecular complexity index is 724. The van der Waals surface area contributed by atoms with Gasteiger partial charge in [0.15, 0.2) is 5.75 Å². The Morgan fingerprint density at radius 1 is 1.04 bits per heavy atom. The Kier molecular flexibility index (Phi) is 5.90. The van der Waals surface area contributed by atoms with E-state index >= 15 is 0 Å². The summed E-state index contributed by atoms with van der Waals surface area (Å²) in [5.41, 5.74) is 1.85. The summed E-state index contributed by atoms with van der Waals surface area (Å²) in [5, 5.41) is 2.40. The minimum absolute atomic E-state index is 0.00583. The van der Waals surface area contributed by atoms with Crippen LogP contribution in [0.1, 0.15) is 17.5 Å². The van der Waals surface area contributed by atoms with Crippen LogP contribution in [-0.4, -0.2) is 18.9 Å². The van der Waals surface area contributed by atoms with Crippen LogP contribution in [0.3, 0.4) is 0 Å². The molecular formula is C18H18F3NO3. The van der Waals surface area contributed by atoms with Gasteiger partial charge in [0.1, 0.15) is 5.75 Å². The minimum Gasteiger partial charge on any atom is -0.493 e. The van der Waals surface area contributed by atoms with Crippen molar-refractivity contribution in [2.45, 2.75) is 26.6 Å². The van der Waals surface area contributed by atoms with Crippen LogP contribution in [0, 0.1) is 13.8 Å². The van der Waals surface area contributed by atoms with Crippen molar-refractivity contribution < 1.29 is 27.4 Å². The first-order chi connectivity index (χ1) is 11.8. The fraction of sp³-hybridized carbons (Fsp3) is 0.278. The molecule has 0 saturated heterocycles. The second-order valence-electron chi connectivity index (χ2n) is 5.41. The number of anilines is 1. The van der Waals surface area contributed by atoms with Crippen molar-refractivity contribution >= 4 is 11.6 Å². The molecule has 0 heterocycles. The van der Waals surface area contributed by atoms with Crippen molar-refractivity contribution in [3.8, 4) is 11.5 Å². The van der Waals surface area contributed by atoms with Gasteiger partial charge in [-0.15, -0.1) is 13.2 Å². The number of ether oxygens (including phenoxy) is 2. The Morgan fingerprint density at radius 3 is 2.32 bits per heavy atom. The molecule has 2 aromatic carbocycles. The second-order valence-corrected chi connectivity index (χ2v) is 5.41. The van der Waals surface area contributed by atoms with E-state index in [4.69, 9.17) is 4.74 Å². The predicted molar refractivity (Wildman–Crippen MR) is 87.8 cm³/mol. The van der Waals surface area contributed by atoms with Gasteiger partial charge in [-0.2, -0.15) is 0 Å². The lowest BCUT2D eigenvalue weighted by atomic mass is 10.1. The number of hydrogen-bond acceptors (Lipinski definition) is 3. The predicted octanol–water partition coefficient (Wildman–Crippen LogP) is 4.61. The summed E-state index contributed by atoms with van der Waals surface area (Å²) in [5.74, 6) is -0.223. The number of nitrogens with one attached hydrogen (secondary N) is 1. The van der Waals surface area contributed by atoms with E-state index in [9.17, 15) is 18.0 Å². The van der Waals surface area contributed by atoms with Gasteiger partial charge in [-0.05, 0) is 37.1 Å². The quantitative estimate of drug-likeness (QED) is 0.825. The molecule has 0 unspecified atom stereocenters. The standard InChI is InChI=1S/C18H18F3NO3/c1-12-6-5-7-13(2)17(12)24-11-10-16(23)22-14-8-3-4-9-15(14)25-18(19,20)21/h3-9H,10-11H2,1-2H3,(H,22,23). The maximum Gasteiger partial charge on any atom is 0.573 e. The topological polar surface area (TPSA) is 47.6 Å². The number of hydrogen-bond donors (Lipinski definition) is 1. The lowest BCUT2D eigenvalue weighted by Crippen LogP contribution is -2.20. The molecule has 0 fully saturated rings. The number of para-hydroxylation sites is 3. The highest BCUT2D eigenvalue weighted by Crippen LogP contribution is 2.30. The zero-order valence-electron chi connectivity index (χ0n) is 13.8. The smallest absolute Gasteiger partial charge is 0.493 e. The largest absolute Gasteiger partial charge is 0.573 e. The third kappa shape index (κ3) is 5.70. The van der Waals surface area contributed by atoms with Crippen molar-refractivity contribution in [3.05, 3.63) is 53.6 Å². The molecule has 4 nitrogen and oxygen atoms in total. The summed E-state index contributed by atoms with van der Waals surface area (Å²) in [6.07, 6.45) is -4.83. The molecule has 1 amide bonds. The van der Waals surface area contributed by atoms with Gasteiger partial charge in [0.2, 0.25) is 5.91 Å². The molecule has 25 heavy (non-hydrogen) atoms. The van der Waals surface area contributed by atoms with Gasteiger partial charge in [-0.25, -0.2) is 0 Å². The maximum absolute atomic E-state index is 12.4. The molecule has 2 aromatic rings. The molecule has 1 N–H and O–H groups in total. The van der Waals surface area contributed by atoms with Crippen molar-refractivity contribution in [1.29, 1.82) is 0 Å². The number of aryl methyl sites for hydroxylation is 2. The van der Waals surface area contributed by atoms with Crippen molar-refractivity contribution in [2.24, 2.45) is 0 Å². The molecule has 0 aliphatic heterocycles. The lowest BCUT2D eigenvalue weighted by molar-refractivity contribution is -0.274. The number of rotatable bonds is 6. The third-order valence-corrected chi connectivity index (χ3v) is 3.37. The summed E-state index contributed by atoms with van der Waals surface area (Å²) in [4.78, 5) is 12.0. The fourth-order valence-electron chi connectivity index (χ4n) is 2.27. The van der Waals surface area contributed by atoms with E-state index in [0.717, 1.165) is 17.2 Å². The summed E-state index contributed by atoms with van der Waals surface area (Å²) in [6.45, 7) is 3.90. The van der Waals surface area contributed by atoms with E-state index in [1.807, 2.05) is 32.0 Å². The zero-order chi connectivity index (χ0) is 18.4. The average Bonchev–Trinajstić information content (AvgIpc) is 2.51. The van der Waals surface area contributed by atoms with Gasteiger partial charge < -0.3 is 14.8 Å². The van der Waals surface area contributed by atoms with E-state index in [1.54, 1.807) is 0 Å². The summed E-state index contributed by atoms with van der Waals surface area (Å²) in [7, 11) is 0. The molecular weight excluding hydrogens is 335 g/mol. The first-order valence-electron chi connectivity index (χ1n) is 7.60. The number of halogens is 3. The van der Waals surface area contributed by atoms with E-state index in [0.29, 0.717) is 5.75 Å². The minimum atomic E-state index is -4.83. The van der Waals surface area contributed by atoms with Crippen LogP contribution >= 0.6 is 0 Å². The molecule has 0 bridgehead atoms. The van der Waals surface area contributed by atoms with Gasteiger partial charge in [0.05, 0.1) is 18.7 Å². The third-order valence-electron chi connectivity index (χ3n) is 3.37. The number of carbonyl (C=O) groups is 1. The maximum atomic E-state index is 12.4. The van der Waals surface area contributed by atoms with Crippen LogP contribution in [0.15, 0.2) is 42.5 Å². The van der Waals surface area contributed by atoms with E-state index in [-0.39, 0.29) is 18.7 Å². The van der Waals surface area contributed by atoms with Crippen molar-refractivity contribution in [2.75, 3.05) is 11.9 Å². The van der Waals surface area contributed by atoms with E-state index < -0.39 is 18.0 Å². The summed E-state index contributed by atoms with van der Waals surface area (Å²) in [6, 6.07) is 11.1. The molecule has 0 atom stereocenters. The van der Waals surface area contributed by atoms with Crippen LogP contribution in [0.5, 0.6) is 11.5 Å². The normalized spacial score (nSPS) is 11.1. The molecule has 2 rings (SSSR count). The molecule has 0 aliphatic rings. The van der Waals surface area contributed by atoms with Gasteiger partial charge in [0.25, 0.3) is 0 Å². The van der Waals surface area contributed by atoms with Gasteiger partial charge in [0, 0.05) is 0 Å². The van der Waals surface area contributed by atoms with Crippen molar-refractivity contribution in [1.82, 2.24) is 0 Å². The number of amides is 1. The van der Waals surface area contributed by atoms with Crippen LogP contribution in [0.4, 0.5) is 18.9 Å².